The molecule has 11 atom stereocenters. The zero-order chi connectivity index (χ0) is 35.6. The van der Waals surface area contributed by atoms with E-state index in [1.807, 2.05) is 0 Å². The smallest absolute Gasteiger partial charge is 0.407 e. The topological polar surface area (TPSA) is 168 Å². The fourth-order valence-electron chi connectivity index (χ4n) is 6.54. The van der Waals surface area contributed by atoms with Crippen LogP contribution in [0.25, 0.3) is 0 Å². The first-order valence-corrected chi connectivity index (χ1v) is 16.2. The molecule has 4 saturated heterocycles. The number of hydrogen-bond acceptors (Lipinski definition) is 13. The SMILES string of the molecule is C=CCOC(=O)C[C@H](NC(=O)[C@@H](CC=C)[C@H](NC(=O)OC(C)(C)C)[C@H]1O[C@@H]2OC(C)(C)O[C@@H]2[C@H]1OC)[C@H]1O[C@@H]2OC(C)(C)O[C@@H]2[C@H]1OC. The third-order valence-electron chi connectivity index (χ3n) is 8.30. The van der Waals surface area contributed by atoms with Crippen LogP contribution in [0.15, 0.2) is 25.3 Å². The molecule has 2 amide bonds. The zero-order valence-electron chi connectivity index (χ0n) is 29.3. The molecule has 0 unspecified atom stereocenters. The Morgan fingerprint density at radius 2 is 1.38 bits per heavy atom. The number of methoxy groups -OCH3 is 2. The second kappa shape index (κ2) is 15.1. The highest BCUT2D eigenvalue weighted by Crippen LogP contribution is 2.42. The third-order valence-corrected chi connectivity index (χ3v) is 8.30. The van der Waals surface area contributed by atoms with E-state index in [0.717, 1.165) is 0 Å². The van der Waals surface area contributed by atoms with Crippen molar-refractivity contribution in [2.24, 2.45) is 5.92 Å². The maximum Gasteiger partial charge on any atom is 0.407 e. The minimum Gasteiger partial charge on any atom is -0.461 e. The van der Waals surface area contributed by atoms with E-state index in [2.05, 4.69) is 23.8 Å². The molecule has 0 aromatic heterocycles. The Morgan fingerprint density at radius 1 is 0.833 bits per heavy atom. The van der Waals surface area contributed by atoms with E-state index in [1.165, 1.54) is 20.3 Å². The number of carbonyl (C=O) groups is 3. The molecule has 272 valence electrons. The van der Waals surface area contributed by atoms with Crippen molar-refractivity contribution in [1.82, 2.24) is 10.6 Å². The van der Waals surface area contributed by atoms with Gasteiger partial charge < -0.3 is 58.0 Å². The zero-order valence-corrected chi connectivity index (χ0v) is 29.3. The largest absolute Gasteiger partial charge is 0.461 e. The average Bonchev–Trinajstić information content (AvgIpc) is 3.65. The van der Waals surface area contributed by atoms with Gasteiger partial charge in [0.05, 0.1) is 24.4 Å². The van der Waals surface area contributed by atoms with Crippen molar-refractivity contribution in [3.63, 3.8) is 0 Å². The monoisotopic (exact) mass is 684 g/mol. The summed E-state index contributed by atoms with van der Waals surface area (Å²) in [6.07, 6.45) is -4.12. The van der Waals surface area contributed by atoms with Crippen molar-refractivity contribution in [2.45, 2.75) is 140 Å². The lowest BCUT2D eigenvalue weighted by atomic mass is 9.87. The van der Waals surface area contributed by atoms with Crippen LogP contribution in [0.1, 0.15) is 61.3 Å². The van der Waals surface area contributed by atoms with Gasteiger partial charge in [-0.2, -0.15) is 0 Å². The molecule has 4 aliphatic heterocycles. The number of esters is 1. The Hall–Kier alpha value is -2.63. The lowest BCUT2D eigenvalue weighted by Crippen LogP contribution is -2.59. The molecule has 4 heterocycles. The molecule has 4 fully saturated rings. The first-order chi connectivity index (χ1) is 22.4. The van der Waals surface area contributed by atoms with Crippen LogP contribution in [0, 0.1) is 5.92 Å². The highest BCUT2D eigenvalue weighted by Gasteiger charge is 2.60. The molecule has 15 heteroatoms. The number of carbonyl (C=O) groups excluding carboxylic acids is 3. The third kappa shape index (κ3) is 8.93. The summed E-state index contributed by atoms with van der Waals surface area (Å²) in [6, 6.07) is -2.00. The van der Waals surface area contributed by atoms with Gasteiger partial charge in [0.2, 0.25) is 5.91 Å². The summed E-state index contributed by atoms with van der Waals surface area (Å²) in [5.74, 6) is -4.02. The van der Waals surface area contributed by atoms with Crippen LogP contribution < -0.4 is 10.6 Å². The van der Waals surface area contributed by atoms with Crippen LogP contribution in [-0.2, 0) is 57.0 Å². The number of alkyl carbamates (subject to hydrolysis) is 1. The molecule has 4 aliphatic rings. The van der Waals surface area contributed by atoms with Gasteiger partial charge in [0.15, 0.2) is 24.2 Å². The van der Waals surface area contributed by atoms with E-state index in [1.54, 1.807) is 54.5 Å². The first-order valence-electron chi connectivity index (χ1n) is 16.2. The predicted molar refractivity (Wildman–Crippen MR) is 168 cm³/mol. The van der Waals surface area contributed by atoms with E-state index in [4.69, 9.17) is 47.4 Å². The Labute approximate surface area is 282 Å². The number of hydrogen-bond donors (Lipinski definition) is 2. The summed E-state index contributed by atoms with van der Waals surface area (Å²) < 4.78 is 58.9. The van der Waals surface area contributed by atoms with Crippen molar-refractivity contribution in [3.05, 3.63) is 25.3 Å². The standard InChI is InChI=1S/C33H52N2O13/c1-12-14-17(20(35-30(38)48-31(3,4)5)22-24(40-11)26-29(43-22)47-33(8,9)45-26)27(37)34-18(16-19(36)41-15-13-2)21-23(39-10)25-28(42-21)46-32(6,7)44-25/h12-13,17-18,20-26,28-29H,1-2,14-16H2,3-11H3,(H,34,37)(H,35,38)/t17-,18-,20-,21+,22+,23-,24-,25+,26+,28+,29+/m0/s1. The van der Waals surface area contributed by atoms with Crippen LogP contribution in [0.3, 0.4) is 0 Å². The second-order valence-corrected chi connectivity index (χ2v) is 14.1. The minimum atomic E-state index is -1.04. The summed E-state index contributed by atoms with van der Waals surface area (Å²) in [7, 11) is 2.97. The van der Waals surface area contributed by atoms with Gasteiger partial charge in [-0.05, 0) is 54.9 Å². The quantitative estimate of drug-likeness (QED) is 0.203. The van der Waals surface area contributed by atoms with E-state index in [-0.39, 0.29) is 19.4 Å². The Morgan fingerprint density at radius 3 is 1.88 bits per heavy atom. The number of amides is 2. The van der Waals surface area contributed by atoms with E-state index >= 15 is 0 Å². The molecule has 4 rings (SSSR count). The number of ether oxygens (including phenoxy) is 10. The van der Waals surface area contributed by atoms with Crippen LogP contribution in [0.4, 0.5) is 4.79 Å². The number of allylic oxidation sites excluding steroid dienone is 1. The van der Waals surface area contributed by atoms with Gasteiger partial charge in [-0.1, -0.05) is 18.7 Å². The molecule has 0 spiro atoms. The highest BCUT2D eigenvalue weighted by molar-refractivity contribution is 5.82. The summed E-state index contributed by atoms with van der Waals surface area (Å²) in [5.41, 5.74) is -0.836. The number of rotatable bonds is 14. The molecular weight excluding hydrogens is 632 g/mol. The maximum absolute atomic E-state index is 14.4. The van der Waals surface area contributed by atoms with E-state index < -0.39 is 102 Å². The Kier molecular flexibility index (Phi) is 12.0. The maximum atomic E-state index is 14.4. The molecule has 0 radical (unpaired) electrons. The normalized spacial score (nSPS) is 33.5. The summed E-state index contributed by atoms with van der Waals surface area (Å²) >= 11 is 0. The number of nitrogens with one attached hydrogen (secondary N) is 2. The van der Waals surface area contributed by atoms with E-state index in [0.29, 0.717) is 0 Å². The molecule has 0 aromatic rings. The predicted octanol–water partition coefficient (Wildman–Crippen LogP) is 2.46. The molecule has 0 saturated carbocycles. The number of fused-ring (bicyclic) bond motifs is 2. The Balaban J connectivity index is 1.65. The molecule has 0 aliphatic carbocycles. The fourth-order valence-corrected chi connectivity index (χ4v) is 6.54. The van der Waals surface area contributed by atoms with Crippen molar-refractivity contribution < 1.29 is 61.8 Å². The van der Waals surface area contributed by atoms with Crippen molar-refractivity contribution in [2.75, 3.05) is 20.8 Å². The molecule has 2 N–H and O–H groups in total. The lowest BCUT2D eigenvalue weighted by molar-refractivity contribution is -0.222. The fraction of sp³-hybridized carbons (Fsp3) is 0.788. The van der Waals surface area contributed by atoms with Gasteiger partial charge in [-0.3, -0.25) is 9.59 Å². The van der Waals surface area contributed by atoms with Crippen LogP contribution in [-0.4, -0.2) is 117 Å². The Bertz CT molecular complexity index is 1190. The van der Waals surface area contributed by atoms with E-state index in [9.17, 15) is 14.4 Å². The molecule has 15 nitrogen and oxygen atoms in total. The van der Waals surface area contributed by atoms with Gasteiger partial charge in [-0.25, -0.2) is 4.79 Å². The summed E-state index contributed by atoms with van der Waals surface area (Å²) in [4.78, 5) is 40.6. The highest BCUT2D eigenvalue weighted by atomic mass is 16.9. The van der Waals surface area contributed by atoms with Gasteiger partial charge in [0.25, 0.3) is 0 Å². The summed E-state index contributed by atoms with van der Waals surface area (Å²) in [5, 5.41) is 5.81. The average molecular weight is 685 g/mol. The molecule has 0 bridgehead atoms. The first kappa shape index (κ1) is 38.2. The van der Waals surface area contributed by atoms with Crippen molar-refractivity contribution in [3.8, 4) is 0 Å². The minimum absolute atomic E-state index is 0.0218. The second-order valence-electron chi connectivity index (χ2n) is 14.1. The molecule has 0 aromatic carbocycles. The van der Waals surface area contributed by atoms with Crippen LogP contribution in [0.5, 0.6) is 0 Å². The van der Waals surface area contributed by atoms with Crippen molar-refractivity contribution >= 4 is 18.0 Å². The van der Waals surface area contributed by atoms with Crippen molar-refractivity contribution in [1.29, 1.82) is 0 Å². The summed E-state index contributed by atoms with van der Waals surface area (Å²) in [6.45, 7) is 19.6. The lowest BCUT2D eigenvalue weighted by Gasteiger charge is -2.36. The molecule has 48 heavy (non-hydrogen) atoms. The van der Waals surface area contributed by atoms with Gasteiger partial charge in [-0.15, -0.1) is 6.58 Å². The van der Waals surface area contributed by atoms with Gasteiger partial charge in [0.1, 0.15) is 48.8 Å². The van der Waals surface area contributed by atoms with Crippen LogP contribution >= 0.6 is 0 Å². The molecular formula is C33H52N2O13. The van der Waals surface area contributed by atoms with Crippen LogP contribution in [0.2, 0.25) is 0 Å². The van der Waals surface area contributed by atoms with Gasteiger partial charge >= 0.3 is 12.1 Å². The van der Waals surface area contributed by atoms with Gasteiger partial charge in [0, 0.05) is 14.2 Å².